The lowest BCUT2D eigenvalue weighted by atomic mass is 10.1. The smallest absolute Gasteiger partial charge is 0.269 e. The molecule has 2 aromatic carbocycles. The zero-order valence-corrected chi connectivity index (χ0v) is 16.3. The average molecular weight is 411 g/mol. The predicted molar refractivity (Wildman–Crippen MR) is 111 cm³/mol. The fourth-order valence-electron chi connectivity index (χ4n) is 3.46. The number of halogens is 1. The molecule has 148 valence electrons. The van der Waals surface area contributed by atoms with E-state index in [1.54, 1.807) is 29.3 Å². The molecule has 7 nitrogen and oxygen atoms in total. The van der Waals surface area contributed by atoms with Gasteiger partial charge in [0.15, 0.2) is 0 Å². The predicted octanol–water partition coefficient (Wildman–Crippen LogP) is 2.95. The summed E-state index contributed by atoms with van der Waals surface area (Å²) in [5.74, 6) is -0.842. The number of aromatic nitrogens is 1. The molecule has 0 radical (unpaired) electrons. The summed E-state index contributed by atoms with van der Waals surface area (Å²) in [5, 5.41) is 1.37. The second-order valence-corrected chi connectivity index (χ2v) is 7.26. The van der Waals surface area contributed by atoms with E-state index in [-0.39, 0.29) is 18.2 Å². The summed E-state index contributed by atoms with van der Waals surface area (Å²) in [6, 6.07) is 12.4. The van der Waals surface area contributed by atoms with E-state index in [2.05, 4.69) is 15.8 Å². The number of rotatable bonds is 4. The fraction of sp³-hybridized carbons (Fsp3) is 0.190. The largest absolute Gasteiger partial charge is 0.361 e. The van der Waals surface area contributed by atoms with Gasteiger partial charge in [0.1, 0.15) is 0 Å². The van der Waals surface area contributed by atoms with Crippen LogP contribution in [0.15, 0.2) is 48.7 Å². The first kappa shape index (κ1) is 19.0. The highest BCUT2D eigenvalue weighted by Gasteiger charge is 2.24. The number of benzene rings is 2. The number of fused-ring (bicyclic) bond motifs is 1. The Kier molecular flexibility index (Phi) is 5.22. The van der Waals surface area contributed by atoms with E-state index >= 15 is 0 Å². The number of amides is 3. The quantitative estimate of drug-likeness (QED) is 0.577. The Bertz CT molecular complexity index is 1110. The lowest BCUT2D eigenvalue weighted by Crippen LogP contribution is -2.42. The van der Waals surface area contributed by atoms with Gasteiger partial charge in [-0.15, -0.1) is 0 Å². The number of carbonyl (C=O) groups is 3. The van der Waals surface area contributed by atoms with Gasteiger partial charge in [-0.3, -0.25) is 25.2 Å². The van der Waals surface area contributed by atoms with Gasteiger partial charge < -0.3 is 9.88 Å². The van der Waals surface area contributed by atoms with Gasteiger partial charge in [-0.2, -0.15) is 0 Å². The molecule has 0 unspecified atom stereocenters. The zero-order chi connectivity index (χ0) is 20.4. The third-order valence-corrected chi connectivity index (χ3v) is 5.23. The molecule has 3 amide bonds. The molecule has 1 fully saturated rings. The minimum atomic E-state index is -0.484. The Labute approximate surface area is 172 Å². The van der Waals surface area contributed by atoms with Crippen LogP contribution in [0, 0.1) is 0 Å². The standard InChI is InChI=1S/C21H19ClN4O3/c22-16-8-7-13(10-18(16)26-9-3-6-20(26)28)21(29)25-24-19(27)11-14-12-23-17-5-2-1-4-15(14)17/h1-2,4-5,7-8,10,12,23H,3,6,9,11H2,(H,24,27)(H,25,29). The van der Waals surface area contributed by atoms with E-state index < -0.39 is 5.91 Å². The third kappa shape index (κ3) is 3.95. The van der Waals surface area contributed by atoms with Crippen molar-refractivity contribution in [2.24, 2.45) is 0 Å². The minimum absolute atomic E-state index is 0.0171. The van der Waals surface area contributed by atoms with Crippen molar-refractivity contribution in [1.82, 2.24) is 15.8 Å². The number of hydrazine groups is 1. The molecule has 0 spiro atoms. The summed E-state index contributed by atoms with van der Waals surface area (Å²) in [7, 11) is 0. The lowest BCUT2D eigenvalue weighted by molar-refractivity contribution is -0.121. The van der Waals surface area contributed by atoms with Crippen LogP contribution >= 0.6 is 11.6 Å². The van der Waals surface area contributed by atoms with Gasteiger partial charge >= 0.3 is 0 Å². The first-order valence-corrected chi connectivity index (χ1v) is 9.65. The molecule has 4 rings (SSSR count). The summed E-state index contributed by atoms with van der Waals surface area (Å²) < 4.78 is 0. The molecule has 1 aliphatic rings. The number of nitrogens with one attached hydrogen (secondary N) is 3. The van der Waals surface area contributed by atoms with E-state index in [1.807, 2.05) is 24.3 Å². The molecule has 8 heteroatoms. The maximum absolute atomic E-state index is 12.4. The molecule has 3 N–H and O–H groups in total. The minimum Gasteiger partial charge on any atom is -0.361 e. The summed E-state index contributed by atoms with van der Waals surface area (Å²) in [5.41, 5.74) is 7.44. The number of carbonyl (C=O) groups excluding carboxylic acids is 3. The molecule has 0 atom stereocenters. The maximum Gasteiger partial charge on any atom is 0.269 e. The van der Waals surface area contributed by atoms with Crippen LogP contribution in [-0.2, 0) is 16.0 Å². The Morgan fingerprint density at radius 2 is 1.97 bits per heavy atom. The molecular formula is C21H19ClN4O3. The Balaban J connectivity index is 1.40. The molecule has 2 heterocycles. The summed E-state index contributed by atoms with van der Waals surface area (Å²) in [4.78, 5) is 41.4. The van der Waals surface area contributed by atoms with Gasteiger partial charge in [-0.1, -0.05) is 29.8 Å². The number of para-hydroxylation sites is 1. The molecule has 0 saturated carbocycles. The van der Waals surface area contributed by atoms with Gasteiger partial charge in [0, 0.05) is 35.6 Å². The highest BCUT2D eigenvalue weighted by Crippen LogP contribution is 2.30. The summed E-state index contributed by atoms with van der Waals surface area (Å²) >= 11 is 6.20. The van der Waals surface area contributed by atoms with Gasteiger partial charge in [-0.25, -0.2) is 0 Å². The van der Waals surface area contributed by atoms with Crippen LogP contribution in [0.25, 0.3) is 10.9 Å². The van der Waals surface area contributed by atoms with Crippen molar-refractivity contribution >= 4 is 45.9 Å². The normalized spacial score (nSPS) is 13.7. The van der Waals surface area contributed by atoms with E-state index in [9.17, 15) is 14.4 Å². The Morgan fingerprint density at radius 1 is 1.14 bits per heavy atom. The topological polar surface area (TPSA) is 94.3 Å². The van der Waals surface area contributed by atoms with Crippen LogP contribution in [0.4, 0.5) is 5.69 Å². The van der Waals surface area contributed by atoms with Crippen LogP contribution in [0.2, 0.25) is 5.02 Å². The number of H-pyrrole nitrogens is 1. The van der Waals surface area contributed by atoms with E-state index in [0.717, 1.165) is 22.9 Å². The molecule has 1 aromatic heterocycles. The number of aromatic amines is 1. The Morgan fingerprint density at radius 3 is 2.76 bits per heavy atom. The van der Waals surface area contributed by atoms with Gasteiger partial charge in [0.05, 0.1) is 17.1 Å². The monoisotopic (exact) mass is 410 g/mol. The number of hydrogen-bond donors (Lipinski definition) is 3. The first-order chi connectivity index (χ1) is 14.0. The van der Waals surface area contributed by atoms with Crippen molar-refractivity contribution in [2.75, 3.05) is 11.4 Å². The molecule has 1 aliphatic heterocycles. The molecule has 0 aliphatic carbocycles. The molecule has 0 bridgehead atoms. The van der Waals surface area contributed by atoms with Crippen molar-refractivity contribution in [3.63, 3.8) is 0 Å². The van der Waals surface area contributed by atoms with Crippen molar-refractivity contribution in [1.29, 1.82) is 0 Å². The Hall–Kier alpha value is -3.32. The number of hydrogen-bond acceptors (Lipinski definition) is 3. The van der Waals surface area contributed by atoms with Crippen LogP contribution in [0.1, 0.15) is 28.8 Å². The van der Waals surface area contributed by atoms with Crippen molar-refractivity contribution in [3.8, 4) is 0 Å². The second-order valence-electron chi connectivity index (χ2n) is 6.85. The first-order valence-electron chi connectivity index (χ1n) is 9.27. The maximum atomic E-state index is 12.4. The van der Waals surface area contributed by atoms with Gasteiger partial charge in [-0.05, 0) is 36.2 Å². The van der Waals surface area contributed by atoms with E-state index in [0.29, 0.717) is 29.2 Å². The second kappa shape index (κ2) is 7.97. The lowest BCUT2D eigenvalue weighted by Gasteiger charge is -2.18. The SMILES string of the molecule is O=C(Cc1c[nH]c2ccccc12)NNC(=O)c1ccc(Cl)c(N2CCCC2=O)c1. The average Bonchev–Trinajstić information content (AvgIpc) is 3.33. The fourth-order valence-corrected chi connectivity index (χ4v) is 3.68. The van der Waals surface area contributed by atoms with Crippen molar-refractivity contribution in [3.05, 3.63) is 64.8 Å². The summed E-state index contributed by atoms with van der Waals surface area (Å²) in [6.07, 6.45) is 3.13. The van der Waals surface area contributed by atoms with Crippen LogP contribution < -0.4 is 15.8 Å². The highest BCUT2D eigenvalue weighted by molar-refractivity contribution is 6.34. The molecular weight excluding hydrogens is 392 g/mol. The molecule has 29 heavy (non-hydrogen) atoms. The number of nitrogens with zero attached hydrogens (tertiary/aromatic N) is 1. The van der Waals surface area contributed by atoms with Gasteiger partial charge in [0.2, 0.25) is 11.8 Å². The van der Waals surface area contributed by atoms with Gasteiger partial charge in [0.25, 0.3) is 5.91 Å². The van der Waals surface area contributed by atoms with E-state index in [1.165, 1.54) is 0 Å². The highest BCUT2D eigenvalue weighted by atomic mass is 35.5. The van der Waals surface area contributed by atoms with Crippen LogP contribution in [0.3, 0.4) is 0 Å². The molecule has 1 saturated heterocycles. The third-order valence-electron chi connectivity index (χ3n) is 4.91. The van der Waals surface area contributed by atoms with Crippen molar-refractivity contribution < 1.29 is 14.4 Å². The number of anilines is 1. The van der Waals surface area contributed by atoms with E-state index in [4.69, 9.17) is 11.6 Å². The van der Waals surface area contributed by atoms with Crippen LogP contribution in [-0.4, -0.2) is 29.3 Å². The summed E-state index contributed by atoms with van der Waals surface area (Å²) in [6.45, 7) is 0.574. The van der Waals surface area contributed by atoms with Crippen LogP contribution in [0.5, 0.6) is 0 Å². The van der Waals surface area contributed by atoms with Crippen molar-refractivity contribution in [2.45, 2.75) is 19.3 Å². The molecule has 3 aromatic rings. The zero-order valence-electron chi connectivity index (χ0n) is 15.5.